The highest BCUT2D eigenvalue weighted by Gasteiger charge is 2.25. The number of nitrogens with zero attached hydrogens (tertiary/aromatic N) is 2. The molecule has 2 heterocycles. The van der Waals surface area contributed by atoms with Gasteiger partial charge in [0.15, 0.2) is 0 Å². The Morgan fingerprint density at radius 2 is 1.69 bits per heavy atom. The summed E-state index contributed by atoms with van der Waals surface area (Å²) < 4.78 is 32.7. The van der Waals surface area contributed by atoms with E-state index in [0.29, 0.717) is 42.4 Å². The lowest BCUT2D eigenvalue weighted by Crippen LogP contribution is -2.35. The number of rotatable bonds is 9. The minimum Gasteiger partial charge on any atom is -0.492 e. The lowest BCUT2D eigenvalue weighted by Gasteiger charge is -2.30. The number of ether oxygens (including phenoxy) is 1. The second-order valence-electron chi connectivity index (χ2n) is 9.72. The standard InChI is InChI=1S/C27H37N3O4S/c1-22-6-5-16-29(20-22)21-23-7-9-24(10-8-23)27(31)28-15-19-34-25-11-13-26(14-12-25)35(32,33)30-17-3-2-4-18-30/h7-14,22H,2-6,15-21H2,1H3,(H,28,31)/t22-/m1/s1. The van der Waals surface area contributed by atoms with E-state index in [4.69, 9.17) is 4.74 Å². The lowest BCUT2D eigenvalue weighted by atomic mass is 9.99. The number of piperidine rings is 2. The predicted octanol–water partition coefficient (Wildman–Crippen LogP) is 3.90. The van der Waals surface area contributed by atoms with E-state index in [1.165, 1.54) is 18.4 Å². The molecule has 2 saturated heterocycles. The topological polar surface area (TPSA) is 79.0 Å². The molecule has 35 heavy (non-hydrogen) atoms. The molecular weight excluding hydrogens is 462 g/mol. The summed E-state index contributed by atoms with van der Waals surface area (Å²) in [7, 11) is -3.44. The Morgan fingerprint density at radius 1 is 0.971 bits per heavy atom. The van der Waals surface area contributed by atoms with Gasteiger partial charge in [0.25, 0.3) is 5.91 Å². The van der Waals surface area contributed by atoms with E-state index >= 15 is 0 Å². The third-order valence-electron chi connectivity index (χ3n) is 6.80. The smallest absolute Gasteiger partial charge is 0.251 e. The highest BCUT2D eigenvalue weighted by molar-refractivity contribution is 7.89. The molecule has 2 aromatic carbocycles. The fraction of sp³-hybridized carbons (Fsp3) is 0.519. The van der Waals surface area contributed by atoms with Crippen LogP contribution >= 0.6 is 0 Å². The zero-order valence-electron chi connectivity index (χ0n) is 20.6. The van der Waals surface area contributed by atoms with Gasteiger partial charge in [-0.3, -0.25) is 9.69 Å². The molecule has 2 aliphatic heterocycles. The maximum atomic E-state index is 12.7. The molecule has 0 radical (unpaired) electrons. The number of sulfonamides is 1. The van der Waals surface area contributed by atoms with Gasteiger partial charge in [-0.15, -0.1) is 0 Å². The average Bonchev–Trinajstić information content (AvgIpc) is 2.88. The molecule has 2 fully saturated rings. The molecule has 2 aliphatic rings. The van der Waals surface area contributed by atoms with Crippen LogP contribution in [0, 0.1) is 5.92 Å². The van der Waals surface area contributed by atoms with Crippen LogP contribution in [-0.2, 0) is 16.6 Å². The predicted molar refractivity (Wildman–Crippen MR) is 137 cm³/mol. The van der Waals surface area contributed by atoms with Crippen molar-refractivity contribution in [3.63, 3.8) is 0 Å². The van der Waals surface area contributed by atoms with Gasteiger partial charge in [0.1, 0.15) is 12.4 Å². The van der Waals surface area contributed by atoms with Crippen molar-refractivity contribution in [1.82, 2.24) is 14.5 Å². The van der Waals surface area contributed by atoms with Gasteiger partial charge in [-0.2, -0.15) is 4.31 Å². The fourth-order valence-corrected chi connectivity index (χ4v) is 6.36. The Balaban J connectivity index is 1.20. The molecule has 1 amide bonds. The quantitative estimate of drug-likeness (QED) is 0.530. The van der Waals surface area contributed by atoms with Gasteiger partial charge in [0.2, 0.25) is 10.0 Å². The van der Waals surface area contributed by atoms with Crippen LogP contribution in [0.4, 0.5) is 0 Å². The number of amides is 1. The van der Waals surface area contributed by atoms with Crippen LogP contribution in [0.5, 0.6) is 5.75 Å². The molecule has 2 aromatic rings. The molecule has 0 aromatic heterocycles. The van der Waals surface area contributed by atoms with Crippen molar-refractivity contribution in [2.45, 2.75) is 50.5 Å². The normalized spacial score (nSPS) is 19.9. The van der Waals surface area contributed by atoms with Crippen molar-refractivity contribution in [3.05, 3.63) is 59.7 Å². The van der Waals surface area contributed by atoms with Crippen LogP contribution in [0.2, 0.25) is 0 Å². The van der Waals surface area contributed by atoms with Crippen molar-refractivity contribution in [2.24, 2.45) is 5.92 Å². The summed E-state index contributed by atoms with van der Waals surface area (Å²) in [5.74, 6) is 1.20. The number of nitrogens with one attached hydrogen (secondary N) is 1. The van der Waals surface area contributed by atoms with Crippen molar-refractivity contribution in [2.75, 3.05) is 39.3 Å². The second-order valence-corrected chi connectivity index (χ2v) is 11.7. The first-order chi connectivity index (χ1) is 16.9. The zero-order chi connectivity index (χ0) is 24.7. The maximum absolute atomic E-state index is 12.7. The Bertz CT molecular complexity index is 1060. The lowest BCUT2D eigenvalue weighted by molar-refractivity contribution is 0.0947. The fourth-order valence-electron chi connectivity index (χ4n) is 4.85. The Labute approximate surface area is 209 Å². The number of likely N-dealkylation sites (tertiary alicyclic amines) is 1. The van der Waals surface area contributed by atoms with E-state index in [1.807, 2.05) is 24.3 Å². The summed E-state index contributed by atoms with van der Waals surface area (Å²) >= 11 is 0. The summed E-state index contributed by atoms with van der Waals surface area (Å²) in [5, 5.41) is 2.88. The molecule has 1 atom stereocenters. The Hall–Kier alpha value is -2.42. The summed E-state index contributed by atoms with van der Waals surface area (Å²) in [6.45, 7) is 7.34. The second kappa shape index (κ2) is 12.0. The molecule has 8 heteroatoms. The van der Waals surface area contributed by atoms with Gasteiger partial charge >= 0.3 is 0 Å². The monoisotopic (exact) mass is 499 g/mol. The maximum Gasteiger partial charge on any atom is 0.251 e. The number of hydrogen-bond acceptors (Lipinski definition) is 5. The Morgan fingerprint density at radius 3 is 2.37 bits per heavy atom. The first-order valence-corrected chi connectivity index (χ1v) is 14.2. The van der Waals surface area contributed by atoms with E-state index < -0.39 is 10.0 Å². The number of carbonyl (C=O) groups excluding carboxylic acids is 1. The third kappa shape index (κ3) is 7.06. The van der Waals surface area contributed by atoms with Crippen LogP contribution < -0.4 is 10.1 Å². The molecule has 4 rings (SSSR count). The van der Waals surface area contributed by atoms with Gasteiger partial charge in [-0.05, 0) is 80.1 Å². The summed E-state index contributed by atoms with van der Waals surface area (Å²) in [6.07, 6.45) is 5.47. The van der Waals surface area contributed by atoms with Gasteiger partial charge < -0.3 is 10.1 Å². The highest BCUT2D eigenvalue weighted by Crippen LogP contribution is 2.23. The number of carbonyl (C=O) groups is 1. The average molecular weight is 500 g/mol. The van der Waals surface area contributed by atoms with E-state index in [-0.39, 0.29) is 5.91 Å². The number of benzene rings is 2. The van der Waals surface area contributed by atoms with Crippen LogP contribution in [-0.4, -0.2) is 62.9 Å². The third-order valence-corrected chi connectivity index (χ3v) is 8.71. The van der Waals surface area contributed by atoms with Crippen LogP contribution in [0.15, 0.2) is 53.4 Å². The van der Waals surface area contributed by atoms with E-state index in [0.717, 1.165) is 44.8 Å². The molecule has 0 aliphatic carbocycles. The van der Waals surface area contributed by atoms with E-state index in [1.54, 1.807) is 28.6 Å². The molecular formula is C27H37N3O4S. The van der Waals surface area contributed by atoms with E-state index in [9.17, 15) is 13.2 Å². The molecule has 7 nitrogen and oxygen atoms in total. The van der Waals surface area contributed by atoms with Crippen molar-refractivity contribution < 1.29 is 17.9 Å². The van der Waals surface area contributed by atoms with Gasteiger partial charge in [0.05, 0.1) is 11.4 Å². The molecule has 190 valence electrons. The van der Waals surface area contributed by atoms with Crippen LogP contribution in [0.1, 0.15) is 54.9 Å². The first kappa shape index (κ1) is 25.7. The molecule has 1 N–H and O–H groups in total. The zero-order valence-corrected chi connectivity index (χ0v) is 21.4. The highest BCUT2D eigenvalue weighted by atomic mass is 32.2. The summed E-state index contributed by atoms with van der Waals surface area (Å²) in [5.41, 5.74) is 1.86. The minimum atomic E-state index is -3.44. The van der Waals surface area contributed by atoms with Crippen molar-refractivity contribution in [3.8, 4) is 5.75 Å². The molecule has 0 bridgehead atoms. The van der Waals surface area contributed by atoms with Gasteiger partial charge in [-0.1, -0.05) is 25.5 Å². The molecule has 0 spiro atoms. The van der Waals surface area contributed by atoms with Crippen LogP contribution in [0.25, 0.3) is 0 Å². The SMILES string of the molecule is C[C@@H]1CCCN(Cc2ccc(C(=O)NCCOc3ccc(S(=O)(=O)N4CCCCC4)cc3)cc2)C1. The molecule has 0 saturated carbocycles. The Kier molecular flexibility index (Phi) is 8.81. The summed E-state index contributed by atoms with van der Waals surface area (Å²) in [4.78, 5) is 15.2. The van der Waals surface area contributed by atoms with Gasteiger partial charge in [-0.25, -0.2) is 8.42 Å². The van der Waals surface area contributed by atoms with Gasteiger partial charge in [0, 0.05) is 31.7 Å². The first-order valence-electron chi connectivity index (χ1n) is 12.7. The van der Waals surface area contributed by atoms with Crippen molar-refractivity contribution in [1.29, 1.82) is 0 Å². The van der Waals surface area contributed by atoms with E-state index in [2.05, 4.69) is 17.1 Å². The largest absolute Gasteiger partial charge is 0.492 e. The van der Waals surface area contributed by atoms with Crippen molar-refractivity contribution >= 4 is 15.9 Å². The number of hydrogen-bond donors (Lipinski definition) is 1. The minimum absolute atomic E-state index is 0.130. The van der Waals surface area contributed by atoms with Crippen LogP contribution in [0.3, 0.4) is 0 Å². The molecule has 0 unspecified atom stereocenters. The summed E-state index contributed by atoms with van der Waals surface area (Å²) in [6, 6.07) is 14.3.